The van der Waals surface area contributed by atoms with E-state index in [0.29, 0.717) is 11.3 Å². The SMILES string of the molecule is CN(C)c1ccc(C(=O)NCC(=O)Nc2ccc(N3CCOCC3)cc2)cc1. The molecule has 0 radical (unpaired) electrons. The standard InChI is InChI=1S/C21H26N4O3/c1-24(2)18-7-3-16(4-8-18)21(27)22-15-20(26)23-17-5-9-19(10-6-17)25-11-13-28-14-12-25/h3-10H,11-15H2,1-2H3,(H,22,27)(H,23,26). The molecule has 2 N–H and O–H groups in total. The van der Waals surface area contributed by atoms with Crippen molar-refractivity contribution in [2.45, 2.75) is 0 Å². The van der Waals surface area contributed by atoms with Crippen LogP contribution in [0.2, 0.25) is 0 Å². The van der Waals surface area contributed by atoms with Crippen LogP contribution in [-0.4, -0.2) is 58.8 Å². The third-order valence-electron chi connectivity index (χ3n) is 4.58. The van der Waals surface area contributed by atoms with Gasteiger partial charge in [-0.25, -0.2) is 0 Å². The Morgan fingerprint density at radius 3 is 2.25 bits per heavy atom. The van der Waals surface area contributed by atoms with Gasteiger partial charge >= 0.3 is 0 Å². The summed E-state index contributed by atoms with van der Waals surface area (Å²) in [6.45, 7) is 3.12. The highest BCUT2D eigenvalue weighted by Gasteiger charge is 2.12. The number of carbonyl (C=O) groups excluding carboxylic acids is 2. The number of hydrogen-bond donors (Lipinski definition) is 2. The summed E-state index contributed by atoms with van der Waals surface area (Å²) in [7, 11) is 3.87. The molecule has 0 aliphatic carbocycles. The van der Waals surface area contributed by atoms with Crippen LogP contribution in [0.4, 0.5) is 17.1 Å². The highest BCUT2D eigenvalue weighted by Crippen LogP contribution is 2.19. The van der Waals surface area contributed by atoms with E-state index in [1.807, 2.05) is 55.4 Å². The Labute approximate surface area is 165 Å². The van der Waals surface area contributed by atoms with Crippen LogP contribution in [0.5, 0.6) is 0 Å². The maximum atomic E-state index is 12.2. The lowest BCUT2D eigenvalue weighted by molar-refractivity contribution is -0.115. The zero-order valence-corrected chi connectivity index (χ0v) is 16.3. The Balaban J connectivity index is 1.47. The number of rotatable bonds is 6. The van der Waals surface area contributed by atoms with Gasteiger partial charge in [0.1, 0.15) is 0 Å². The first-order valence-electron chi connectivity index (χ1n) is 9.31. The van der Waals surface area contributed by atoms with E-state index < -0.39 is 0 Å². The Kier molecular flexibility index (Phi) is 6.49. The zero-order valence-electron chi connectivity index (χ0n) is 16.3. The lowest BCUT2D eigenvalue weighted by Crippen LogP contribution is -2.36. The van der Waals surface area contributed by atoms with Gasteiger partial charge in [-0.05, 0) is 48.5 Å². The number of nitrogens with zero attached hydrogens (tertiary/aromatic N) is 2. The fourth-order valence-electron chi connectivity index (χ4n) is 2.96. The highest BCUT2D eigenvalue weighted by molar-refractivity contribution is 5.99. The molecule has 7 heteroatoms. The molecule has 0 saturated carbocycles. The van der Waals surface area contributed by atoms with Crippen molar-refractivity contribution in [3.8, 4) is 0 Å². The van der Waals surface area contributed by atoms with E-state index in [1.54, 1.807) is 12.1 Å². The molecule has 0 spiro atoms. The average Bonchev–Trinajstić information content (AvgIpc) is 2.73. The topological polar surface area (TPSA) is 73.9 Å². The van der Waals surface area contributed by atoms with Crippen LogP contribution in [-0.2, 0) is 9.53 Å². The van der Waals surface area contributed by atoms with Crippen LogP contribution in [0.25, 0.3) is 0 Å². The molecule has 2 aromatic rings. The molecular formula is C21H26N4O3. The number of carbonyl (C=O) groups is 2. The second-order valence-corrected chi connectivity index (χ2v) is 6.82. The molecule has 1 aliphatic rings. The Morgan fingerprint density at radius 1 is 1.00 bits per heavy atom. The predicted molar refractivity (Wildman–Crippen MR) is 111 cm³/mol. The summed E-state index contributed by atoms with van der Waals surface area (Å²) in [5, 5.41) is 5.44. The van der Waals surface area contributed by atoms with Gasteiger partial charge in [0.25, 0.3) is 5.91 Å². The molecule has 0 atom stereocenters. The third-order valence-corrected chi connectivity index (χ3v) is 4.58. The lowest BCUT2D eigenvalue weighted by Gasteiger charge is -2.28. The van der Waals surface area contributed by atoms with Crippen molar-refractivity contribution in [3.63, 3.8) is 0 Å². The molecule has 0 aromatic heterocycles. The minimum absolute atomic E-state index is 0.0838. The number of morpholine rings is 1. The fourth-order valence-corrected chi connectivity index (χ4v) is 2.96. The van der Waals surface area contributed by atoms with Crippen molar-refractivity contribution in [3.05, 3.63) is 54.1 Å². The van der Waals surface area contributed by atoms with Crippen molar-refractivity contribution in [1.82, 2.24) is 5.32 Å². The predicted octanol–water partition coefficient (Wildman–Crippen LogP) is 1.96. The third kappa shape index (κ3) is 5.23. The molecule has 0 bridgehead atoms. The van der Waals surface area contributed by atoms with Crippen LogP contribution in [0.1, 0.15) is 10.4 Å². The van der Waals surface area contributed by atoms with Gasteiger partial charge in [0.15, 0.2) is 0 Å². The molecule has 7 nitrogen and oxygen atoms in total. The van der Waals surface area contributed by atoms with Crippen LogP contribution >= 0.6 is 0 Å². The first-order chi connectivity index (χ1) is 13.5. The van der Waals surface area contributed by atoms with Gasteiger partial charge in [0, 0.05) is 49.8 Å². The van der Waals surface area contributed by atoms with Crippen molar-refractivity contribution in [1.29, 1.82) is 0 Å². The molecule has 0 unspecified atom stereocenters. The molecule has 1 saturated heterocycles. The summed E-state index contributed by atoms with van der Waals surface area (Å²) in [6.07, 6.45) is 0. The van der Waals surface area contributed by atoms with Crippen molar-refractivity contribution >= 4 is 28.9 Å². The Morgan fingerprint density at radius 2 is 1.64 bits per heavy atom. The molecule has 148 valence electrons. The second kappa shape index (κ2) is 9.23. The summed E-state index contributed by atoms with van der Waals surface area (Å²) in [5.74, 6) is -0.541. The van der Waals surface area contributed by atoms with Gasteiger partial charge in [-0.1, -0.05) is 0 Å². The van der Waals surface area contributed by atoms with E-state index in [9.17, 15) is 9.59 Å². The van der Waals surface area contributed by atoms with E-state index in [0.717, 1.165) is 37.7 Å². The molecule has 1 heterocycles. The number of amides is 2. The zero-order chi connectivity index (χ0) is 19.9. The van der Waals surface area contributed by atoms with Crippen LogP contribution in [0.15, 0.2) is 48.5 Å². The van der Waals surface area contributed by atoms with Gasteiger partial charge in [0.05, 0.1) is 19.8 Å². The molecule has 1 aliphatic heterocycles. The maximum absolute atomic E-state index is 12.2. The fraction of sp³-hybridized carbons (Fsp3) is 0.333. The van der Waals surface area contributed by atoms with Crippen molar-refractivity contribution in [2.75, 3.05) is 62.1 Å². The minimum atomic E-state index is -0.275. The van der Waals surface area contributed by atoms with Crippen LogP contribution < -0.4 is 20.4 Å². The normalized spacial score (nSPS) is 13.7. The van der Waals surface area contributed by atoms with E-state index in [1.165, 1.54) is 0 Å². The summed E-state index contributed by atoms with van der Waals surface area (Å²) >= 11 is 0. The average molecular weight is 382 g/mol. The van der Waals surface area contributed by atoms with Gasteiger partial charge in [0.2, 0.25) is 5.91 Å². The van der Waals surface area contributed by atoms with Crippen LogP contribution in [0.3, 0.4) is 0 Å². The number of benzene rings is 2. The van der Waals surface area contributed by atoms with E-state index in [2.05, 4.69) is 15.5 Å². The summed E-state index contributed by atoms with van der Waals surface area (Å²) in [5.41, 5.74) is 3.34. The van der Waals surface area contributed by atoms with E-state index in [4.69, 9.17) is 4.74 Å². The van der Waals surface area contributed by atoms with Crippen molar-refractivity contribution < 1.29 is 14.3 Å². The quantitative estimate of drug-likeness (QED) is 0.799. The van der Waals surface area contributed by atoms with E-state index in [-0.39, 0.29) is 18.4 Å². The Bertz CT molecular complexity index is 797. The molecule has 28 heavy (non-hydrogen) atoms. The molecule has 2 amide bonds. The molecular weight excluding hydrogens is 356 g/mol. The molecule has 1 fully saturated rings. The molecule has 3 rings (SSSR count). The smallest absolute Gasteiger partial charge is 0.251 e. The summed E-state index contributed by atoms with van der Waals surface area (Å²) in [4.78, 5) is 28.5. The minimum Gasteiger partial charge on any atom is -0.378 e. The summed E-state index contributed by atoms with van der Waals surface area (Å²) < 4.78 is 5.36. The van der Waals surface area contributed by atoms with Gasteiger partial charge < -0.3 is 25.2 Å². The van der Waals surface area contributed by atoms with Crippen LogP contribution in [0, 0.1) is 0 Å². The van der Waals surface area contributed by atoms with Gasteiger partial charge in [-0.2, -0.15) is 0 Å². The number of nitrogens with one attached hydrogen (secondary N) is 2. The van der Waals surface area contributed by atoms with Gasteiger partial charge in [-0.3, -0.25) is 9.59 Å². The first-order valence-corrected chi connectivity index (χ1v) is 9.31. The second-order valence-electron chi connectivity index (χ2n) is 6.82. The highest BCUT2D eigenvalue weighted by atomic mass is 16.5. The number of ether oxygens (including phenoxy) is 1. The van der Waals surface area contributed by atoms with Crippen molar-refractivity contribution in [2.24, 2.45) is 0 Å². The lowest BCUT2D eigenvalue weighted by atomic mass is 10.2. The number of anilines is 3. The van der Waals surface area contributed by atoms with Gasteiger partial charge in [-0.15, -0.1) is 0 Å². The Hall–Kier alpha value is -3.06. The largest absolute Gasteiger partial charge is 0.378 e. The number of hydrogen-bond acceptors (Lipinski definition) is 5. The van der Waals surface area contributed by atoms with E-state index >= 15 is 0 Å². The first kappa shape index (κ1) is 19.7. The monoisotopic (exact) mass is 382 g/mol. The summed E-state index contributed by atoms with van der Waals surface area (Å²) in [6, 6.07) is 14.9. The molecule has 2 aromatic carbocycles. The maximum Gasteiger partial charge on any atom is 0.251 e.